The van der Waals surface area contributed by atoms with E-state index in [1.165, 1.54) is 18.0 Å². The van der Waals surface area contributed by atoms with E-state index in [0.717, 1.165) is 18.4 Å². The Labute approximate surface area is 110 Å². The third-order valence-electron chi connectivity index (χ3n) is 3.07. The minimum absolute atomic E-state index is 0.305. The van der Waals surface area contributed by atoms with Gasteiger partial charge in [-0.3, -0.25) is 0 Å². The maximum absolute atomic E-state index is 11.7. The van der Waals surface area contributed by atoms with E-state index in [9.17, 15) is 13.2 Å². The summed E-state index contributed by atoms with van der Waals surface area (Å²) in [7, 11) is -3.28. The predicted octanol–water partition coefficient (Wildman–Crippen LogP) is 2.14. The molecule has 0 aromatic heterocycles. The van der Waals surface area contributed by atoms with Gasteiger partial charge in [0.2, 0.25) is 6.08 Å². The molecule has 0 radical (unpaired) electrons. The van der Waals surface area contributed by atoms with Crippen LogP contribution in [-0.4, -0.2) is 27.0 Å². The van der Waals surface area contributed by atoms with Crippen LogP contribution in [0.1, 0.15) is 18.4 Å². The molecule has 0 N–H and O–H groups in total. The SMILES string of the molecule is CSc1c(C2(N=C=O)CC2)cccc1S(C)(=O)=O. The topological polar surface area (TPSA) is 63.6 Å². The number of sulfone groups is 1. The van der Waals surface area contributed by atoms with Crippen molar-refractivity contribution in [3.8, 4) is 0 Å². The Kier molecular flexibility index (Phi) is 3.36. The molecule has 0 aliphatic heterocycles. The Balaban J connectivity index is 2.67. The van der Waals surface area contributed by atoms with E-state index in [1.54, 1.807) is 18.2 Å². The monoisotopic (exact) mass is 283 g/mol. The van der Waals surface area contributed by atoms with Gasteiger partial charge in [0.05, 0.1) is 10.4 Å². The average Bonchev–Trinajstić information content (AvgIpc) is 3.08. The van der Waals surface area contributed by atoms with Crippen molar-refractivity contribution in [3.05, 3.63) is 23.8 Å². The van der Waals surface area contributed by atoms with Crippen LogP contribution in [-0.2, 0) is 20.2 Å². The molecular weight excluding hydrogens is 270 g/mol. The molecule has 0 bridgehead atoms. The van der Waals surface area contributed by atoms with Gasteiger partial charge in [-0.1, -0.05) is 12.1 Å². The normalized spacial score (nSPS) is 17.0. The second kappa shape index (κ2) is 4.53. The molecule has 18 heavy (non-hydrogen) atoms. The van der Waals surface area contributed by atoms with Crippen molar-refractivity contribution >= 4 is 27.7 Å². The Morgan fingerprint density at radius 1 is 1.39 bits per heavy atom. The van der Waals surface area contributed by atoms with Crippen molar-refractivity contribution in [2.24, 2.45) is 4.99 Å². The van der Waals surface area contributed by atoms with Crippen LogP contribution in [0.3, 0.4) is 0 Å². The van der Waals surface area contributed by atoms with Crippen molar-refractivity contribution in [1.29, 1.82) is 0 Å². The first kappa shape index (κ1) is 13.3. The van der Waals surface area contributed by atoms with E-state index in [-0.39, 0.29) is 0 Å². The molecule has 1 aromatic rings. The van der Waals surface area contributed by atoms with Crippen LogP contribution in [0.25, 0.3) is 0 Å². The number of hydrogen-bond acceptors (Lipinski definition) is 5. The zero-order valence-electron chi connectivity index (χ0n) is 10.1. The maximum Gasteiger partial charge on any atom is 0.235 e. The van der Waals surface area contributed by atoms with Gasteiger partial charge in [0.1, 0.15) is 0 Å². The molecule has 96 valence electrons. The minimum Gasteiger partial charge on any atom is -0.224 e. The van der Waals surface area contributed by atoms with Gasteiger partial charge in [0.25, 0.3) is 0 Å². The summed E-state index contributed by atoms with van der Waals surface area (Å²) in [5, 5.41) is 0. The Hall–Kier alpha value is -1.10. The lowest BCUT2D eigenvalue weighted by Gasteiger charge is -2.15. The zero-order chi connectivity index (χ0) is 13.4. The maximum atomic E-state index is 11.7. The molecule has 0 amide bonds. The molecule has 1 aliphatic rings. The fourth-order valence-corrected chi connectivity index (χ4v) is 4.26. The molecule has 2 rings (SSSR count). The largest absolute Gasteiger partial charge is 0.235 e. The lowest BCUT2D eigenvalue weighted by atomic mass is 10.1. The Bertz CT molecular complexity index is 627. The van der Waals surface area contributed by atoms with Crippen LogP contribution >= 0.6 is 11.8 Å². The summed E-state index contributed by atoms with van der Waals surface area (Å²) in [5.74, 6) is 0. The van der Waals surface area contributed by atoms with Gasteiger partial charge >= 0.3 is 0 Å². The van der Waals surface area contributed by atoms with Gasteiger partial charge in [-0.05, 0) is 30.7 Å². The van der Waals surface area contributed by atoms with Crippen molar-refractivity contribution in [1.82, 2.24) is 0 Å². The predicted molar refractivity (Wildman–Crippen MR) is 70.4 cm³/mol. The highest BCUT2D eigenvalue weighted by Crippen LogP contribution is 2.52. The van der Waals surface area contributed by atoms with E-state index >= 15 is 0 Å². The van der Waals surface area contributed by atoms with Crippen molar-refractivity contribution in [3.63, 3.8) is 0 Å². The number of hydrogen-bond donors (Lipinski definition) is 0. The van der Waals surface area contributed by atoms with E-state index in [0.29, 0.717) is 9.79 Å². The Morgan fingerprint density at radius 2 is 2.06 bits per heavy atom. The van der Waals surface area contributed by atoms with Crippen LogP contribution in [0.15, 0.2) is 33.0 Å². The molecule has 1 aromatic carbocycles. The van der Waals surface area contributed by atoms with Gasteiger partial charge in [-0.15, -0.1) is 11.8 Å². The quantitative estimate of drug-likeness (QED) is 0.482. The second-order valence-electron chi connectivity index (χ2n) is 4.34. The molecule has 1 fully saturated rings. The molecule has 0 saturated heterocycles. The Morgan fingerprint density at radius 3 is 2.50 bits per heavy atom. The molecule has 6 heteroatoms. The van der Waals surface area contributed by atoms with E-state index in [4.69, 9.17) is 0 Å². The molecule has 0 spiro atoms. The number of thioether (sulfide) groups is 1. The van der Waals surface area contributed by atoms with Crippen LogP contribution in [0.5, 0.6) is 0 Å². The summed E-state index contributed by atoms with van der Waals surface area (Å²) in [6.45, 7) is 0. The van der Waals surface area contributed by atoms with Crippen LogP contribution in [0.2, 0.25) is 0 Å². The molecule has 0 atom stereocenters. The smallest absolute Gasteiger partial charge is 0.224 e. The van der Waals surface area contributed by atoms with Crippen molar-refractivity contribution in [2.75, 3.05) is 12.5 Å². The van der Waals surface area contributed by atoms with Crippen LogP contribution < -0.4 is 0 Å². The lowest BCUT2D eigenvalue weighted by Crippen LogP contribution is -2.08. The van der Waals surface area contributed by atoms with Gasteiger partial charge < -0.3 is 0 Å². The highest BCUT2D eigenvalue weighted by molar-refractivity contribution is 7.99. The molecular formula is C12H13NO3S2. The summed E-state index contributed by atoms with van der Waals surface area (Å²) in [6.07, 6.45) is 6.15. The summed E-state index contributed by atoms with van der Waals surface area (Å²) in [6, 6.07) is 5.13. The fraction of sp³-hybridized carbons (Fsp3) is 0.417. The van der Waals surface area contributed by atoms with Gasteiger partial charge in [0, 0.05) is 11.2 Å². The summed E-state index contributed by atoms with van der Waals surface area (Å²) in [4.78, 5) is 15.4. The first-order valence-electron chi connectivity index (χ1n) is 5.41. The number of carbonyl (C=O) groups excluding carboxylic acids is 1. The molecule has 1 saturated carbocycles. The van der Waals surface area contributed by atoms with Gasteiger partial charge in [0.15, 0.2) is 9.84 Å². The molecule has 4 nitrogen and oxygen atoms in total. The van der Waals surface area contributed by atoms with Crippen molar-refractivity contribution in [2.45, 2.75) is 28.2 Å². The zero-order valence-corrected chi connectivity index (χ0v) is 11.8. The van der Waals surface area contributed by atoms with Crippen molar-refractivity contribution < 1.29 is 13.2 Å². The number of rotatable bonds is 4. The first-order chi connectivity index (χ1) is 8.44. The lowest BCUT2D eigenvalue weighted by molar-refractivity contribution is 0.555. The first-order valence-corrected chi connectivity index (χ1v) is 8.53. The van der Waals surface area contributed by atoms with E-state index in [2.05, 4.69) is 4.99 Å². The standard InChI is InChI=1S/C12H13NO3S2/c1-17-11-9(12(6-7-12)13-8-14)4-3-5-10(11)18(2,15)16/h3-5H,6-7H2,1-2H3. The third kappa shape index (κ3) is 2.23. The third-order valence-corrected chi connectivity index (χ3v) is 5.18. The van der Waals surface area contributed by atoms with Crippen LogP contribution in [0.4, 0.5) is 0 Å². The number of benzene rings is 1. The van der Waals surface area contributed by atoms with Gasteiger partial charge in [-0.2, -0.15) is 4.99 Å². The summed E-state index contributed by atoms with van der Waals surface area (Å²) < 4.78 is 23.5. The highest BCUT2D eigenvalue weighted by Gasteiger charge is 2.46. The minimum atomic E-state index is -3.28. The number of aliphatic imine (C=N–C) groups is 1. The van der Waals surface area contributed by atoms with Crippen LogP contribution in [0, 0.1) is 0 Å². The summed E-state index contributed by atoms with van der Waals surface area (Å²) in [5.41, 5.74) is 0.280. The number of nitrogens with zero attached hydrogens (tertiary/aromatic N) is 1. The van der Waals surface area contributed by atoms with E-state index in [1.807, 2.05) is 12.3 Å². The average molecular weight is 283 g/mol. The molecule has 1 aliphatic carbocycles. The molecule has 0 unspecified atom stereocenters. The fourth-order valence-electron chi connectivity index (χ4n) is 2.03. The molecule has 0 heterocycles. The second-order valence-corrected chi connectivity index (χ2v) is 7.14. The highest BCUT2D eigenvalue weighted by atomic mass is 32.2. The van der Waals surface area contributed by atoms with Gasteiger partial charge in [-0.25, -0.2) is 13.2 Å². The van der Waals surface area contributed by atoms with E-state index < -0.39 is 15.4 Å². The summed E-state index contributed by atoms with van der Waals surface area (Å²) >= 11 is 1.37. The number of isocyanates is 1.